The summed E-state index contributed by atoms with van der Waals surface area (Å²) in [5, 5.41) is 15.8. The van der Waals surface area contributed by atoms with E-state index in [1.54, 1.807) is 12.5 Å². The molecule has 0 saturated heterocycles. The molecule has 3 aromatic rings. The number of nitrogens with one attached hydrogen (secondary N) is 1. The Morgan fingerprint density at radius 3 is 2.82 bits per heavy atom. The van der Waals surface area contributed by atoms with Gasteiger partial charge < -0.3 is 9.88 Å². The first-order valence-corrected chi connectivity index (χ1v) is 7.35. The van der Waals surface area contributed by atoms with Crippen molar-refractivity contribution in [2.45, 2.75) is 26.1 Å². The molecule has 6 heteroatoms. The van der Waals surface area contributed by atoms with Crippen molar-refractivity contribution in [3.63, 3.8) is 0 Å². The number of rotatable bonds is 6. The number of hydrogen-bond donors (Lipinski definition) is 1. The van der Waals surface area contributed by atoms with E-state index in [4.69, 9.17) is 0 Å². The molecule has 2 heterocycles. The van der Waals surface area contributed by atoms with Crippen molar-refractivity contribution in [1.29, 1.82) is 0 Å². The second-order valence-corrected chi connectivity index (χ2v) is 5.43. The predicted molar refractivity (Wildman–Crippen MR) is 84.0 cm³/mol. The Balaban J connectivity index is 1.62. The normalized spacial score (nSPS) is 12.5. The lowest BCUT2D eigenvalue weighted by atomic mass is 10.1. The SMILES string of the molecule is CC(NCc1cccc(Cn2cccn2)c1)c1nncn1C. The molecule has 0 fully saturated rings. The maximum Gasteiger partial charge on any atom is 0.149 e. The Morgan fingerprint density at radius 1 is 1.23 bits per heavy atom. The van der Waals surface area contributed by atoms with Crippen LogP contribution < -0.4 is 5.32 Å². The van der Waals surface area contributed by atoms with Crippen LogP contribution in [0.2, 0.25) is 0 Å². The fourth-order valence-corrected chi connectivity index (χ4v) is 2.47. The van der Waals surface area contributed by atoms with Crippen molar-refractivity contribution in [3.05, 3.63) is 66.0 Å². The van der Waals surface area contributed by atoms with Gasteiger partial charge in [-0.2, -0.15) is 5.10 Å². The van der Waals surface area contributed by atoms with E-state index < -0.39 is 0 Å². The van der Waals surface area contributed by atoms with Crippen LogP contribution in [0.5, 0.6) is 0 Å². The van der Waals surface area contributed by atoms with Crippen LogP contribution in [0.25, 0.3) is 0 Å². The van der Waals surface area contributed by atoms with Crippen molar-refractivity contribution in [1.82, 2.24) is 29.9 Å². The fourth-order valence-electron chi connectivity index (χ4n) is 2.47. The molecule has 0 saturated carbocycles. The van der Waals surface area contributed by atoms with Crippen LogP contribution in [0, 0.1) is 0 Å². The summed E-state index contributed by atoms with van der Waals surface area (Å²) in [6, 6.07) is 10.6. The highest BCUT2D eigenvalue weighted by molar-refractivity contribution is 5.23. The topological polar surface area (TPSA) is 60.6 Å². The molecule has 0 spiro atoms. The van der Waals surface area contributed by atoms with Gasteiger partial charge in [0.25, 0.3) is 0 Å². The summed E-state index contributed by atoms with van der Waals surface area (Å²) in [7, 11) is 1.96. The fraction of sp³-hybridized carbons (Fsp3) is 0.312. The van der Waals surface area contributed by atoms with E-state index in [9.17, 15) is 0 Å². The molecule has 0 aliphatic rings. The smallest absolute Gasteiger partial charge is 0.149 e. The van der Waals surface area contributed by atoms with Crippen molar-refractivity contribution >= 4 is 0 Å². The number of benzene rings is 1. The number of aromatic nitrogens is 5. The predicted octanol–water partition coefficient (Wildman–Crippen LogP) is 1.91. The Kier molecular flexibility index (Phi) is 4.29. The minimum Gasteiger partial charge on any atom is -0.319 e. The lowest BCUT2D eigenvalue weighted by Gasteiger charge is -2.13. The maximum atomic E-state index is 4.24. The van der Waals surface area contributed by atoms with E-state index in [1.165, 1.54) is 11.1 Å². The minimum absolute atomic E-state index is 0.155. The van der Waals surface area contributed by atoms with Crippen molar-refractivity contribution in [2.24, 2.45) is 7.05 Å². The van der Waals surface area contributed by atoms with Crippen LogP contribution >= 0.6 is 0 Å². The maximum absolute atomic E-state index is 4.24. The van der Waals surface area contributed by atoms with Crippen LogP contribution in [0.1, 0.15) is 29.9 Å². The molecule has 22 heavy (non-hydrogen) atoms. The lowest BCUT2D eigenvalue weighted by molar-refractivity contribution is 0.528. The summed E-state index contributed by atoms with van der Waals surface area (Å²) >= 11 is 0. The van der Waals surface area contributed by atoms with E-state index >= 15 is 0 Å². The third kappa shape index (κ3) is 3.40. The zero-order valence-electron chi connectivity index (χ0n) is 12.8. The molecule has 2 aromatic heterocycles. The van der Waals surface area contributed by atoms with Gasteiger partial charge in [0.2, 0.25) is 0 Å². The summed E-state index contributed by atoms with van der Waals surface area (Å²) in [5.74, 6) is 0.938. The van der Waals surface area contributed by atoms with E-state index in [-0.39, 0.29) is 6.04 Å². The van der Waals surface area contributed by atoms with Crippen molar-refractivity contribution in [3.8, 4) is 0 Å². The number of hydrogen-bond acceptors (Lipinski definition) is 4. The van der Waals surface area contributed by atoms with Crippen LogP contribution in [0.15, 0.2) is 49.1 Å². The summed E-state index contributed by atoms with van der Waals surface area (Å²) in [6.45, 7) is 3.68. The van der Waals surface area contributed by atoms with Gasteiger partial charge in [-0.1, -0.05) is 24.3 Å². The molecule has 1 N–H and O–H groups in total. The Labute approximate surface area is 129 Å². The molecule has 0 amide bonds. The quantitative estimate of drug-likeness (QED) is 0.755. The molecule has 1 unspecified atom stereocenters. The third-order valence-corrected chi connectivity index (χ3v) is 3.64. The van der Waals surface area contributed by atoms with Crippen molar-refractivity contribution < 1.29 is 0 Å². The highest BCUT2D eigenvalue weighted by Crippen LogP contribution is 2.11. The van der Waals surface area contributed by atoms with Gasteiger partial charge in [-0.05, 0) is 24.1 Å². The minimum atomic E-state index is 0.155. The standard InChI is InChI=1S/C16H20N6/c1-13(16-20-18-12-21(16)2)17-10-14-5-3-6-15(9-14)11-22-8-4-7-19-22/h3-9,12-13,17H,10-11H2,1-2H3. The Morgan fingerprint density at radius 2 is 2.09 bits per heavy atom. The van der Waals surface area contributed by atoms with Gasteiger partial charge in [0.05, 0.1) is 12.6 Å². The average molecular weight is 296 g/mol. The zero-order chi connectivity index (χ0) is 15.4. The molecule has 1 aromatic carbocycles. The van der Waals surface area contributed by atoms with Crippen LogP contribution in [-0.4, -0.2) is 24.5 Å². The average Bonchev–Trinajstić information content (AvgIpc) is 3.17. The van der Waals surface area contributed by atoms with Gasteiger partial charge in [0, 0.05) is 26.0 Å². The molecule has 0 bridgehead atoms. The molecule has 3 rings (SSSR count). The monoisotopic (exact) mass is 296 g/mol. The molecule has 0 aliphatic carbocycles. The van der Waals surface area contributed by atoms with Gasteiger partial charge >= 0.3 is 0 Å². The van der Waals surface area contributed by atoms with Gasteiger partial charge in [0.15, 0.2) is 0 Å². The molecule has 1 atom stereocenters. The number of nitrogens with zero attached hydrogens (tertiary/aromatic N) is 5. The molecule has 6 nitrogen and oxygen atoms in total. The first-order valence-electron chi connectivity index (χ1n) is 7.35. The Hall–Kier alpha value is -2.47. The van der Waals surface area contributed by atoms with Gasteiger partial charge in [0.1, 0.15) is 12.2 Å². The first-order chi connectivity index (χ1) is 10.7. The summed E-state index contributed by atoms with van der Waals surface area (Å²) in [5.41, 5.74) is 2.49. The summed E-state index contributed by atoms with van der Waals surface area (Å²) < 4.78 is 3.86. The molecular weight excluding hydrogens is 276 g/mol. The van der Waals surface area contributed by atoms with Gasteiger partial charge in [-0.3, -0.25) is 4.68 Å². The van der Waals surface area contributed by atoms with Gasteiger partial charge in [-0.15, -0.1) is 10.2 Å². The lowest BCUT2D eigenvalue weighted by Crippen LogP contribution is -2.21. The second kappa shape index (κ2) is 6.53. The molecule has 0 radical (unpaired) electrons. The zero-order valence-corrected chi connectivity index (χ0v) is 12.8. The Bertz CT molecular complexity index is 716. The highest BCUT2D eigenvalue weighted by atomic mass is 15.3. The first kappa shape index (κ1) is 14.5. The van der Waals surface area contributed by atoms with E-state index in [1.807, 2.05) is 28.6 Å². The van der Waals surface area contributed by atoms with E-state index in [2.05, 4.69) is 51.8 Å². The molecule has 114 valence electrons. The third-order valence-electron chi connectivity index (χ3n) is 3.64. The van der Waals surface area contributed by atoms with E-state index in [0.29, 0.717) is 0 Å². The highest BCUT2D eigenvalue weighted by Gasteiger charge is 2.10. The van der Waals surface area contributed by atoms with Crippen LogP contribution in [0.4, 0.5) is 0 Å². The van der Waals surface area contributed by atoms with Crippen molar-refractivity contribution in [2.75, 3.05) is 0 Å². The van der Waals surface area contributed by atoms with E-state index in [0.717, 1.165) is 18.9 Å². The molecular formula is C16H20N6. The summed E-state index contributed by atoms with van der Waals surface area (Å²) in [6.07, 6.45) is 5.49. The largest absolute Gasteiger partial charge is 0.319 e. The van der Waals surface area contributed by atoms with Crippen LogP contribution in [-0.2, 0) is 20.1 Å². The number of aryl methyl sites for hydroxylation is 1. The summed E-state index contributed by atoms with van der Waals surface area (Å²) in [4.78, 5) is 0. The second-order valence-electron chi connectivity index (χ2n) is 5.43. The molecule has 0 aliphatic heterocycles. The van der Waals surface area contributed by atoms with Gasteiger partial charge in [-0.25, -0.2) is 0 Å². The van der Waals surface area contributed by atoms with Crippen LogP contribution in [0.3, 0.4) is 0 Å².